The average molecular weight is 443 g/mol. The quantitative estimate of drug-likeness (QED) is 0.579. The predicted octanol–water partition coefficient (Wildman–Crippen LogP) is 3.82. The van der Waals surface area contributed by atoms with Crippen molar-refractivity contribution >= 4 is 34.2 Å². The van der Waals surface area contributed by atoms with Crippen LogP contribution >= 0.6 is 0 Å². The molecule has 2 aliphatic rings. The molecule has 1 saturated heterocycles. The zero-order valence-electron chi connectivity index (χ0n) is 18.6. The third-order valence-corrected chi connectivity index (χ3v) is 6.76. The summed E-state index contributed by atoms with van der Waals surface area (Å²) < 4.78 is 4.99. The summed E-state index contributed by atoms with van der Waals surface area (Å²) in [5.41, 5.74) is 2.37. The van der Waals surface area contributed by atoms with Crippen LogP contribution in [0.3, 0.4) is 0 Å². The van der Waals surface area contributed by atoms with Gasteiger partial charge in [0, 0.05) is 30.8 Å². The van der Waals surface area contributed by atoms with Gasteiger partial charge in [-0.3, -0.25) is 14.5 Å². The summed E-state index contributed by atoms with van der Waals surface area (Å²) in [6.45, 7) is 0.955. The number of rotatable bonds is 3. The van der Waals surface area contributed by atoms with Crippen LogP contribution in [0.25, 0.3) is 10.8 Å². The van der Waals surface area contributed by atoms with Crippen LogP contribution in [0.15, 0.2) is 66.7 Å². The molecule has 33 heavy (non-hydrogen) atoms. The van der Waals surface area contributed by atoms with Crippen molar-refractivity contribution in [1.29, 1.82) is 0 Å². The van der Waals surface area contributed by atoms with Crippen LogP contribution in [0.2, 0.25) is 0 Å². The van der Waals surface area contributed by atoms with Gasteiger partial charge >= 0.3 is 5.97 Å². The topological polar surface area (TPSA) is 66.9 Å². The number of para-hydroxylation sites is 1. The maximum atomic E-state index is 13.7. The highest BCUT2D eigenvalue weighted by molar-refractivity contribution is 6.08. The fourth-order valence-corrected chi connectivity index (χ4v) is 5.13. The summed E-state index contributed by atoms with van der Waals surface area (Å²) in [5.74, 6) is -0.962. The number of amides is 2. The van der Waals surface area contributed by atoms with E-state index in [2.05, 4.69) is 0 Å². The van der Waals surface area contributed by atoms with E-state index in [-0.39, 0.29) is 17.7 Å². The molecule has 0 aromatic heterocycles. The van der Waals surface area contributed by atoms with Gasteiger partial charge < -0.3 is 9.64 Å². The molecule has 6 heteroatoms. The fourth-order valence-electron chi connectivity index (χ4n) is 5.13. The van der Waals surface area contributed by atoms with Gasteiger partial charge in [0.05, 0.1) is 13.0 Å². The lowest BCUT2D eigenvalue weighted by Crippen LogP contribution is -2.51. The second kappa shape index (κ2) is 8.70. The van der Waals surface area contributed by atoms with Gasteiger partial charge in [-0.05, 0) is 41.3 Å². The lowest BCUT2D eigenvalue weighted by molar-refractivity contribution is -0.143. The number of anilines is 1. The normalized spacial score (nSPS) is 19.9. The largest absolute Gasteiger partial charge is 0.467 e. The van der Waals surface area contributed by atoms with E-state index in [4.69, 9.17) is 4.74 Å². The Hall–Kier alpha value is -3.67. The number of methoxy groups -OCH3 is 1. The molecule has 0 aliphatic carbocycles. The number of ether oxygens (including phenoxy) is 1. The molecule has 2 amide bonds. The first kappa shape index (κ1) is 21.2. The number of carbonyl (C=O) groups excluding carboxylic acids is 3. The fraction of sp³-hybridized carbons (Fsp3) is 0.296. The predicted molar refractivity (Wildman–Crippen MR) is 126 cm³/mol. The van der Waals surface area contributed by atoms with Crippen LogP contribution in [0.5, 0.6) is 0 Å². The van der Waals surface area contributed by atoms with E-state index in [9.17, 15) is 14.4 Å². The van der Waals surface area contributed by atoms with Crippen molar-refractivity contribution in [2.45, 2.75) is 25.3 Å². The van der Waals surface area contributed by atoms with Crippen molar-refractivity contribution in [3.8, 4) is 0 Å². The van der Waals surface area contributed by atoms with Crippen molar-refractivity contribution in [2.75, 3.05) is 25.1 Å². The standard InChI is InChI=1S/C27H26N2O4/c1-33-27(32)24-16-19-9-3-5-14-23(19)29(24)25(30)20-11-7-15-28(17-20)26(31)22-13-6-10-18-8-2-4-12-21(18)22/h2-6,8-10,12-14,20,24H,7,11,15-17H2,1H3. The zero-order valence-corrected chi connectivity index (χ0v) is 18.6. The van der Waals surface area contributed by atoms with E-state index >= 15 is 0 Å². The minimum atomic E-state index is -0.663. The van der Waals surface area contributed by atoms with E-state index < -0.39 is 12.0 Å². The third kappa shape index (κ3) is 3.75. The lowest BCUT2D eigenvalue weighted by Gasteiger charge is -2.35. The Kier molecular flexibility index (Phi) is 5.58. The number of benzene rings is 3. The van der Waals surface area contributed by atoms with Crippen molar-refractivity contribution < 1.29 is 19.1 Å². The Morgan fingerprint density at radius 3 is 2.55 bits per heavy atom. The van der Waals surface area contributed by atoms with Gasteiger partial charge in [0.15, 0.2) is 0 Å². The van der Waals surface area contributed by atoms with Gasteiger partial charge in [0.2, 0.25) is 5.91 Å². The Labute approximate surface area is 192 Å². The number of piperidine rings is 1. The van der Waals surface area contributed by atoms with E-state index in [1.807, 2.05) is 66.7 Å². The summed E-state index contributed by atoms with van der Waals surface area (Å²) in [5, 5.41) is 1.93. The second-order valence-corrected chi connectivity index (χ2v) is 8.70. The van der Waals surface area contributed by atoms with Crippen molar-refractivity contribution in [3.63, 3.8) is 0 Å². The van der Waals surface area contributed by atoms with Gasteiger partial charge in [-0.15, -0.1) is 0 Å². The molecule has 0 bridgehead atoms. The third-order valence-electron chi connectivity index (χ3n) is 6.76. The van der Waals surface area contributed by atoms with E-state index in [0.717, 1.165) is 28.4 Å². The summed E-state index contributed by atoms with van der Waals surface area (Å²) in [7, 11) is 1.35. The zero-order chi connectivity index (χ0) is 22.9. The van der Waals surface area contributed by atoms with E-state index in [1.165, 1.54) is 7.11 Å². The van der Waals surface area contributed by atoms with Gasteiger partial charge in [0.25, 0.3) is 5.91 Å². The van der Waals surface area contributed by atoms with E-state index in [0.29, 0.717) is 31.5 Å². The Morgan fingerprint density at radius 1 is 0.939 bits per heavy atom. The molecule has 2 heterocycles. The van der Waals surface area contributed by atoms with Gasteiger partial charge in [-0.25, -0.2) is 4.79 Å². The van der Waals surface area contributed by atoms with Crippen LogP contribution in [0, 0.1) is 5.92 Å². The molecular weight excluding hydrogens is 416 g/mol. The molecule has 2 atom stereocenters. The first-order chi connectivity index (χ1) is 16.1. The molecule has 6 nitrogen and oxygen atoms in total. The molecule has 3 aromatic rings. The summed E-state index contributed by atoms with van der Waals surface area (Å²) in [4.78, 5) is 43.0. The number of likely N-dealkylation sites (tertiary alicyclic amines) is 1. The van der Waals surface area contributed by atoms with E-state index in [1.54, 1.807) is 9.80 Å². The minimum Gasteiger partial charge on any atom is -0.467 e. The Balaban J connectivity index is 1.41. The average Bonchev–Trinajstić information content (AvgIpc) is 3.26. The molecule has 2 aliphatic heterocycles. The SMILES string of the molecule is COC(=O)C1Cc2ccccc2N1C(=O)C1CCCN(C(=O)c2cccc3ccccc23)C1. The first-order valence-corrected chi connectivity index (χ1v) is 11.3. The molecule has 2 unspecified atom stereocenters. The number of nitrogens with zero attached hydrogens (tertiary/aromatic N) is 2. The van der Waals surface area contributed by atoms with Crippen molar-refractivity contribution in [3.05, 3.63) is 77.9 Å². The molecule has 0 saturated carbocycles. The summed E-state index contributed by atoms with van der Waals surface area (Å²) in [6, 6.07) is 20.5. The highest BCUT2D eigenvalue weighted by Crippen LogP contribution is 2.35. The first-order valence-electron chi connectivity index (χ1n) is 11.3. The highest BCUT2D eigenvalue weighted by Gasteiger charge is 2.42. The Morgan fingerprint density at radius 2 is 1.70 bits per heavy atom. The molecule has 5 rings (SSSR count). The van der Waals surface area contributed by atoms with Crippen molar-refractivity contribution in [2.24, 2.45) is 5.92 Å². The number of fused-ring (bicyclic) bond motifs is 2. The summed E-state index contributed by atoms with van der Waals surface area (Å²) in [6.07, 6.45) is 1.87. The van der Waals surface area contributed by atoms with Gasteiger partial charge in [-0.1, -0.05) is 54.6 Å². The maximum Gasteiger partial charge on any atom is 0.329 e. The number of esters is 1. The van der Waals surface area contributed by atoms with Crippen LogP contribution in [-0.2, 0) is 20.7 Å². The molecule has 168 valence electrons. The minimum absolute atomic E-state index is 0.0596. The molecular formula is C27H26N2O4. The number of hydrogen-bond acceptors (Lipinski definition) is 4. The van der Waals surface area contributed by atoms with Crippen LogP contribution < -0.4 is 4.90 Å². The highest BCUT2D eigenvalue weighted by atomic mass is 16.5. The lowest BCUT2D eigenvalue weighted by atomic mass is 9.94. The van der Waals surface area contributed by atoms with Crippen LogP contribution in [0.1, 0.15) is 28.8 Å². The van der Waals surface area contributed by atoms with Gasteiger partial charge in [0.1, 0.15) is 6.04 Å². The number of carbonyl (C=O) groups is 3. The second-order valence-electron chi connectivity index (χ2n) is 8.70. The smallest absolute Gasteiger partial charge is 0.329 e. The Bertz CT molecular complexity index is 1230. The molecule has 0 radical (unpaired) electrons. The molecule has 3 aromatic carbocycles. The molecule has 1 fully saturated rings. The van der Waals surface area contributed by atoms with Crippen LogP contribution in [0.4, 0.5) is 5.69 Å². The van der Waals surface area contributed by atoms with Crippen molar-refractivity contribution in [1.82, 2.24) is 4.90 Å². The monoisotopic (exact) mass is 442 g/mol. The molecule has 0 spiro atoms. The van der Waals surface area contributed by atoms with Gasteiger partial charge in [-0.2, -0.15) is 0 Å². The number of hydrogen-bond donors (Lipinski definition) is 0. The summed E-state index contributed by atoms with van der Waals surface area (Å²) >= 11 is 0. The molecule has 0 N–H and O–H groups in total. The van der Waals surface area contributed by atoms with Crippen LogP contribution in [-0.4, -0.2) is 48.9 Å². The maximum absolute atomic E-state index is 13.7.